The lowest BCUT2D eigenvalue weighted by Gasteiger charge is -2.13. The highest BCUT2D eigenvalue weighted by atomic mass is 19.3. The van der Waals surface area contributed by atoms with Crippen LogP contribution in [-0.2, 0) is 4.74 Å². The zero-order valence-electron chi connectivity index (χ0n) is 9.43. The molecule has 0 radical (unpaired) electrons. The number of carbonyl (C=O) groups is 1. The molecule has 1 aromatic rings. The largest absolute Gasteiger partial charge is 0.476 e. The van der Waals surface area contributed by atoms with E-state index in [1.165, 1.54) is 7.11 Å². The molecule has 8 heteroatoms. The minimum atomic E-state index is -2.93. The van der Waals surface area contributed by atoms with Crippen molar-refractivity contribution in [3.63, 3.8) is 0 Å². The van der Waals surface area contributed by atoms with Gasteiger partial charge in [-0.1, -0.05) is 5.21 Å². The predicted octanol–water partition coefficient (Wildman–Crippen LogP) is 1.51. The summed E-state index contributed by atoms with van der Waals surface area (Å²) in [5, 5.41) is 15.4. The molecule has 0 spiro atoms. The van der Waals surface area contributed by atoms with Crippen molar-refractivity contribution in [3.05, 3.63) is 11.4 Å². The van der Waals surface area contributed by atoms with Gasteiger partial charge in [0.05, 0.1) is 6.04 Å². The zero-order chi connectivity index (χ0) is 13.0. The number of aromatic nitrogens is 3. The summed E-state index contributed by atoms with van der Waals surface area (Å²) in [6.07, 6.45) is -2.49. The van der Waals surface area contributed by atoms with Gasteiger partial charge in [0.2, 0.25) is 0 Å². The molecule has 17 heavy (non-hydrogen) atoms. The van der Waals surface area contributed by atoms with Gasteiger partial charge >= 0.3 is 5.97 Å². The number of carboxylic acids is 1. The van der Waals surface area contributed by atoms with E-state index in [0.29, 0.717) is 13.0 Å². The molecule has 0 aromatic carbocycles. The van der Waals surface area contributed by atoms with E-state index in [1.807, 2.05) is 0 Å². The Morgan fingerprint density at radius 3 is 2.71 bits per heavy atom. The average molecular weight is 249 g/mol. The van der Waals surface area contributed by atoms with E-state index in [2.05, 4.69) is 10.3 Å². The van der Waals surface area contributed by atoms with Crippen molar-refractivity contribution in [1.29, 1.82) is 0 Å². The van der Waals surface area contributed by atoms with Crippen LogP contribution >= 0.6 is 0 Å². The van der Waals surface area contributed by atoms with Gasteiger partial charge in [-0.2, -0.15) is 0 Å². The molecule has 1 aromatic heterocycles. The maximum atomic E-state index is 12.8. The normalized spacial score (nSPS) is 13.0. The third-order valence-corrected chi connectivity index (χ3v) is 2.30. The third-order valence-electron chi connectivity index (χ3n) is 2.30. The van der Waals surface area contributed by atoms with Gasteiger partial charge in [0.25, 0.3) is 6.43 Å². The van der Waals surface area contributed by atoms with Crippen LogP contribution in [0.15, 0.2) is 0 Å². The topological polar surface area (TPSA) is 77.2 Å². The lowest BCUT2D eigenvalue weighted by atomic mass is 10.2. The Bertz CT molecular complexity index is 395. The number of halogens is 2. The van der Waals surface area contributed by atoms with Crippen molar-refractivity contribution in [1.82, 2.24) is 15.0 Å². The number of carboxylic acid groups (broad SMARTS) is 1. The van der Waals surface area contributed by atoms with Crippen LogP contribution < -0.4 is 0 Å². The molecular formula is C9H13F2N3O3. The average Bonchev–Trinajstić information content (AvgIpc) is 2.70. The summed E-state index contributed by atoms with van der Waals surface area (Å²) in [6.45, 7) is 2.01. The summed E-state index contributed by atoms with van der Waals surface area (Å²) < 4.78 is 31.3. The predicted molar refractivity (Wildman–Crippen MR) is 53.1 cm³/mol. The molecule has 0 amide bonds. The molecule has 0 aliphatic heterocycles. The number of methoxy groups -OCH3 is 1. The van der Waals surface area contributed by atoms with E-state index in [4.69, 9.17) is 9.84 Å². The van der Waals surface area contributed by atoms with E-state index < -0.39 is 29.8 Å². The number of alkyl halides is 2. The minimum Gasteiger partial charge on any atom is -0.476 e. The highest BCUT2D eigenvalue weighted by Gasteiger charge is 2.28. The fourth-order valence-corrected chi connectivity index (χ4v) is 1.39. The molecular weight excluding hydrogens is 236 g/mol. The smallest absolute Gasteiger partial charge is 0.358 e. The van der Waals surface area contributed by atoms with Crippen LogP contribution in [0.5, 0.6) is 0 Å². The molecule has 1 heterocycles. The zero-order valence-corrected chi connectivity index (χ0v) is 9.43. The van der Waals surface area contributed by atoms with Crippen molar-refractivity contribution in [2.45, 2.75) is 25.8 Å². The first-order valence-corrected chi connectivity index (χ1v) is 4.94. The highest BCUT2D eigenvalue weighted by Crippen LogP contribution is 2.25. The molecule has 1 unspecified atom stereocenters. The van der Waals surface area contributed by atoms with Gasteiger partial charge in [0.15, 0.2) is 5.69 Å². The summed E-state index contributed by atoms with van der Waals surface area (Å²) in [5.41, 5.74) is -1.37. The van der Waals surface area contributed by atoms with Crippen molar-refractivity contribution >= 4 is 5.97 Å². The molecule has 0 saturated heterocycles. The Morgan fingerprint density at radius 1 is 1.59 bits per heavy atom. The van der Waals surface area contributed by atoms with Crippen LogP contribution in [0.2, 0.25) is 0 Å². The first-order valence-electron chi connectivity index (χ1n) is 4.94. The molecule has 0 aliphatic carbocycles. The summed E-state index contributed by atoms with van der Waals surface area (Å²) in [5.74, 6) is -1.51. The first kappa shape index (κ1) is 13.5. The van der Waals surface area contributed by atoms with Crippen molar-refractivity contribution in [2.75, 3.05) is 13.7 Å². The molecule has 0 fully saturated rings. The molecule has 0 saturated carbocycles. The SMILES string of the molecule is COCCC(C)n1nnc(C(=O)O)c1C(F)F. The van der Waals surface area contributed by atoms with E-state index >= 15 is 0 Å². The summed E-state index contributed by atoms with van der Waals surface area (Å²) in [4.78, 5) is 10.7. The third kappa shape index (κ3) is 2.96. The van der Waals surface area contributed by atoms with Gasteiger partial charge in [-0.3, -0.25) is 0 Å². The van der Waals surface area contributed by atoms with Gasteiger partial charge in [-0.15, -0.1) is 5.10 Å². The second kappa shape index (κ2) is 5.67. The second-order valence-electron chi connectivity index (χ2n) is 3.50. The maximum absolute atomic E-state index is 12.8. The Morgan fingerprint density at radius 2 is 2.24 bits per heavy atom. The van der Waals surface area contributed by atoms with E-state index in [1.54, 1.807) is 6.92 Å². The summed E-state index contributed by atoms with van der Waals surface area (Å²) >= 11 is 0. The van der Waals surface area contributed by atoms with Crippen molar-refractivity contribution in [2.24, 2.45) is 0 Å². The first-order chi connectivity index (χ1) is 7.99. The monoisotopic (exact) mass is 249 g/mol. The quantitative estimate of drug-likeness (QED) is 0.826. The lowest BCUT2D eigenvalue weighted by molar-refractivity contribution is 0.0675. The Hall–Kier alpha value is -1.57. The summed E-state index contributed by atoms with van der Waals surface area (Å²) in [7, 11) is 1.49. The Balaban J connectivity index is 3.03. The van der Waals surface area contributed by atoms with Crippen LogP contribution in [0.3, 0.4) is 0 Å². The maximum Gasteiger partial charge on any atom is 0.358 e. The van der Waals surface area contributed by atoms with Crippen LogP contribution in [0.25, 0.3) is 0 Å². The molecule has 6 nitrogen and oxygen atoms in total. The number of nitrogens with zero attached hydrogens (tertiary/aromatic N) is 3. The highest BCUT2D eigenvalue weighted by molar-refractivity contribution is 5.86. The van der Waals surface area contributed by atoms with E-state index in [0.717, 1.165) is 4.68 Å². The standard InChI is InChI=1S/C9H13F2N3O3/c1-5(3-4-17-2)14-7(8(10)11)6(9(15)16)12-13-14/h5,8H,3-4H2,1-2H3,(H,15,16). The number of rotatable bonds is 6. The van der Waals surface area contributed by atoms with Crippen molar-refractivity contribution in [3.8, 4) is 0 Å². The van der Waals surface area contributed by atoms with Crippen LogP contribution in [0, 0.1) is 0 Å². The molecule has 1 rings (SSSR count). The molecule has 1 atom stereocenters. The van der Waals surface area contributed by atoms with Crippen LogP contribution in [0.1, 0.15) is 42.0 Å². The van der Waals surface area contributed by atoms with Crippen molar-refractivity contribution < 1.29 is 23.4 Å². The van der Waals surface area contributed by atoms with E-state index in [9.17, 15) is 13.6 Å². The summed E-state index contributed by atoms with van der Waals surface area (Å²) in [6, 6.07) is -0.403. The molecule has 0 bridgehead atoms. The van der Waals surface area contributed by atoms with Gasteiger partial charge in [0, 0.05) is 13.7 Å². The molecule has 0 aliphatic rings. The van der Waals surface area contributed by atoms with Gasteiger partial charge in [-0.25, -0.2) is 18.3 Å². The molecule has 1 N–H and O–H groups in total. The minimum absolute atomic E-state index is 0.367. The van der Waals surface area contributed by atoms with Gasteiger partial charge in [-0.05, 0) is 13.3 Å². The number of hydrogen-bond acceptors (Lipinski definition) is 4. The van der Waals surface area contributed by atoms with Gasteiger partial charge < -0.3 is 9.84 Å². The fraction of sp³-hybridized carbons (Fsp3) is 0.667. The Labute approximate surface area is 96.2 Å². The number of ether oxygens (including phenoxy) is 1. The number of hydrogen-bond donors (Lipinski definition) is 1. The van der Waals surface area contributed by atoms with Crippen LogP contribution in [0.4, 0.5) is 8.78 Å². The van der Waals surface area contributed by atoms with Gasteiger partial charge in [0.1, 0.15) is 5.69 Å². The second-order valence-corrected chi connectivity index (χ2v) is 3.50. The Kier molecular flexibility index (Phi) is 4.50. The van der Waals surface area contributed by atoms with Crippen LogP contribution in [-0.4, -0.2) is 39.8 Å². The number of aromatic carboxylic acids is 1. The lowest BCUT2D eigenvalue weighted by Crippen LogP contribution is -2.14. The molecule has 96 valence electrons. The van der Waals surface area contributed by atoms with E-state index in [-0.39, 0.29) is 0 Å². The fourth-order valence-electron chi connectivity index (χ4n) is 1.39.